The zero-order valence-electron chi connectivity index (χ0n) is 10.7. The molecule has 0 aliphatic carbocycles. The number of hydrogen-bond acceptors (Lipinski definition) is 4. The number of nitrogens with zero attached hydrogens (tertiary/aromatic N) is 1. The van der Waals surface area contributed by atoms with Crippen molar-refractivity contribution < 1.29 is 15.0 Å². The second kappa shape index (κ2) is 4.75. The van der Waals surface area contributed by atoms with Gasteiger partial charge in [-0.25, -0.2) is 4.79 Å². The van der Waals surface area contributed by atoms with Gasteiger partial charge in [-0.1, -0.05) is 12.1 Å². The smallest absolute Gasteiger partial charge is 0.336 e. The number of H-pyrrole nitrogens is 1. The first-order valence-electron chi connectivity index (χ1n) is 6.10. The Morgan fingerprint density at radius 2 is 2.00 bits per heavy atom. The minimum absolute atomic E-state index is 0.130. The van der Waals surface area contributed by atoms with Crippen LogP contribution < -0.4 is 5.56 Å². The number of fused-ring (bicyclic) bond motifs is 1. The van der Waals surface area contributed by atoms with Gasteiger partial charge < -0.3 is 15.2 Å². The number of carbonyl (C=O) groups is 1. The molecule has 0 spiro atoms. The molecule has 3 aromatic rings. The fourth-order valence-electron chi connectivity index (χ4n) is 2.17. The van der Waals surface area contributed by atoms with Gasteiger partial charge in [0.25, 0.3) is 5.56 Å². The lowest BCUT2D eigenvalue weighted by molar-refractivity contribution is 0.0697. The van der Waals surface area contributed by atoms with Gasteiger partial charge in [-0.05, 0) is 23.8 Å². The van der Waals surface area contributed by atoms with Crippen LogP contribution in [0.2, 0.25) is 0 Å². The summed E-state index contributed by atoms with van der Waals surface area (Å²) in [5.74, 6) is -1.41. The van der Waals surface area contributed by atoms with Crippen LogP contribution in [0.15, 0.2) is 47.5 Å². The van der Waals surface area contributed by atoms with E-state index in [1.54, 1.807) is 18.2 Å². The van der Waals surface area contributed by atoms with E-state index in [2.05, 4.69) is 9.97 Å². The fourth-order valence-corrected chi connectivity index (χ4v) is 2.17. The number of rotatable bonds is 2. The van der Waals surface area contributed by atoms with E-state index in [-0.39, 0.29) is 11.3 Å². The van der Waals surface area contributed by atoms with Crippen LogP contribution in [0, 0.1) is 0 Å². The Hall–Kier alpha value is -3.15. The zero-order valence-corrected chi connectivity index (χ0v) is 10.7. The van der Waals surface area contributed by atoms with Gasteiger partial charge in [0.05, 0.1) is 5.56 Å². The van der Waals surface area contributed by atoms with Crippen molar-refractivity contribution in [1.29, 1.82) is 0 Å². The molecule has 3 rings (SSSR count). The third-order valence-corrected chi connectivity index (χ3v) is 3.19. The molecule has 104 valence electrons. The molecule has 0 fully saturated rings. The number of pyridine rings is 2. The average Bonchev–Trinajstić information content (AvgIpc) is 2.48. The number of nitrogens with one attached hydrogen (secondary N) is 1. The van der Waals surface area contributed by atoms with Crippen LogP contribution in [0.1, 0.15) is 10.4 Å². The highest BCUT2D eigenvalue weighted by Gasteiger charge is 2.12. The molecule has 21 heavy (non-hydrogen) atoms. The van der Waals surface area contributed by atoms with Crippen LogP contribution in [0.4, 0.5) is 0 Å². The first kappa shape index (κ1) is 12.9. The summed E-state index contributed by atoms with van der Waals surface area (Å²) < 4.78 is 0. The van der Waals surface area contributed by atoms with Crippen molar-refractivity contribution in [2.24, 2.45) is 0 Å². The zero-order chi connectivity index (χ0) is 15.0. The van der Waals surface area contributed by atoms with Crippen molar-refractivity contribution in [2.75, 3.05) is 0 Å². The Morgan fingerprint density at radius 1 is 1.19 bits per heavy atom. The van der Waals surface area contributed by atoms with Crippen LogP contribution in [0.3, 0.4) is 0 Å². The summed E-state index contributed by atoms with van der Waals surface area (Å²) in [6, 6.07) is 7.84. The molecule has 0 aliphatic heterocycles. The van der Waals surface area contributed by atoms with E-state index >= 15 is 0 Å². The van der Waals surface area contributed by atoms with Gasteiger partial charge in [0.1, 0.15) is 0 Å². The summed E-state index contributed by atoms with van der Waals surface area (Å²) in [4.78, 5) is 29.2. The van der Waals surface area contributed by atoms with E-state index in [0.717, 1.165) is 0 Å². The van der Waals surface area contributed by atoms with Crippen molar-refractivity contribution >= 4 is 16.9 Å². The molecular formula is C15H10N2O4. The SMILES string of the molecule is O=C(O)c1ccncc1-c1ccc2cc(O)c(=O)[nH]c2c1. The Balaban J connectivity index is 2.25. The highest BCUT2D eigenvalue weighted by molar-refractivity contribution is 5.97. The first-order valence-corrected chi connectivity index (χ1v) is 6.10. The van der Waals surface area contributed by atoms with Gasteiger partial charge in [-0.2, -0.15) is 0 Å². The van der Waals surface area contributed by atoms with Crippen molar-refractivity contribution in [2.45, 2.75) is 0 Å². The van der Waals surface area contributed by atoms with E-state index in [0.29, 0.717) is 22.0 Å². The lowest BCUT2D eigenvalue weighted by Crippen LogP contribution is -2.04. The Kier molecular flexibility index (Phi) is 2.91. The molecule has 3 N–H and O–H groups in total. The van der Waals surface area contributed by atoms with Gasteiger partial charge in [0.15, 0.2) is 5.75 Å². The monoisotopic (exact) mass is 282 g/mol. The summed E-state index contributed by atoms with van der Waals surface area (Å²) in [6.45, 7) is 0. The Morgan fingerprint density at radius 3 is 2.76 bits per heavy atom. The highest BCUT2D eigenvalue weighted by Crippen LogP contribution is 2.26. The summed E-state index contributed by atoms with van der Waals surface area (Å²) in [5.41, 5.74) is 1.13. The molecule has 0 saturated heterocycles. The van der Waals surface area contributed by atoms with E-state index < -0.39 is 11.5 Å². The minimum Gasteiger partial charge on any atom is -0.503 e. The predicted octanol–water partition coefficient (Wildman–Crippen LogP) is 1.99. The van der Waals surface area contributed by atoms with E-state index in [4.69, 9.17) is 0 Å². The van der Waals surface area contributed by atoms with Crippen molar-refractivity contribution in [3.63, 3.8) is 0 Å². The lowest BCUT2D eigenvalue weighted by Gasteiger charge is -2.07. The molecule has 0 atom stereocenters. The molecular weight excluding hydrogens is 272 g/mol. The van der Waals surface area contributed by atoms with Gasteiger partial charge in [0, 0.05) is 28.9 Å². The highest BCUT2D eigenvalue weighted by atomic mass is 16.4. The molecule has 0 amide bonds. The van der Waals surface area contributed by atoms with E-state index in [9.17, 15) is 19.8 Å². The summed E-state index contributed by atoms with van der Waals surface area (Å²) in [7, 11) is 0. The number of aromatic hydroxyl groups is 1. The van der Waals surface area contributed by atoms with Crippen LogP contribution in [-0.2, 0) is 0 Å². The molecule has 2 aromatic heterocycles. The Labute approximate surface area is 118 Å². The number of benzene rings is 1. The molecule has 0 radical (unpaired) electrons. The van der Waals surface area contributed by atoms with Crippen LogP contribution in [0.5, 0.6) is 5.75 Å². The lowest BCUT2D eigenvalue weighted by atomic mass is 10.0. The predicted molar refractivity (Wildman–Crippen MR) is 76.4 cm³/mol. The van der Waals surface area contributed by atoms with Crippen LogP contribution in [0.25, 0.3) is 22.0 Å². The third-order valence-electron chi connectivity index (χ3n) is 3.19. The molecule has 0 saturated carbocycles. The molecule has 1 aromatic carbocycles. The van der Waals surface area contributed by atoms with Gasteiger partial charge in [0.2, 0.25) is 0 Å². The van der Waals surface area contributed by atoms with Gasteiger partial charge in [-0.15, -0.1) is 0 Å². The van der Waals surface area contributed by atoms with E-state index in [1.165, 1.54) is 24.5 Å². The molecule has 2 heterocycles. The van der Waals surface area contributed by atoms with Crippen molar-refractivity contribution in [1.82, 2.24) is 9.97 Å². The molecule has 0 bridgehead atoms. The fraction of sp³-hybridized carbons (Fsp3) is 0. The molecule has 6 heteroatoms. The average molecular weight is 282 g/mol. The van der Waals surface area contributed by atoms with Crippen molar-refractivity contribution in [3.05, 3.63) is 58.6 Å². The second-order valence-corrected chi connectivity index (χ2v) is 4.51. The number of aromatic carboxylic acids is 1. The van der Waals surface area contributed by atoms with Crippen LogP contribution >= 0.6 is 0 Å². The van der Waals surface area contributed by atoms with E-state index in [1.807, 2.05) is 0 Å². The summed E-state index contributed by atoms with van der Waals surface area (Å²) >= 11 is 0. The number of aromatic amines is 1. The van der Waals surface area contributed by atoms with Gasteiger partial charge >= 0.3 is 5.97 Å². The first-order chi connectivity index (χ1) is 10.1. The normalized spacial score (nSPS) is 10.7. The number of aromatic nitrogens is 2. The maximum Gasteiger partial charge on any atom is 0.336 e. The molecule has 0 aliphatic rings. The standard InChI is InChI=1S/C15H10N2O4/c18-13-6-9-2-1-8(5-12(9)17-14(13)19)11-7-16-4-3-10(11)15(20)21/h1-7,18H,(H,17,19)(H,20,21). The third kappa shape index (κ3) is 2.23. The maximum absolute atomic E-state index is 11.4. The quantitative estimate of drug-likeness (QED) is 0.667. The number of carboxylic acid groups (broad SMARTS) is 1. The second-order valence-electron chi connectivity index (χ2n) is 4.51. The number of carboxylic acids is 1. The minimum atomic E-state index is -1.05. The maximum atomic E-state index is 11.4. The van der Waals surface area contributed by atoms with Crippen molar-refractivity contribution in [3.8, 4) is 16.9 Å². The summed E-state index contributed by atoms with van der Waals surface area (Å²) in [6.07, 6.45) is 2.87. The largest absolute Gasteiger partial charge is 0.503 e. The molecule has 0 unspecified atom stereocenters. The summed E-state index contributed by atoms with van der Waals surface area (Å²) in [5, 5.41) is 19.2. The molecule has 6 nitrogen and oxygen atoms in total. The van der Waals surface area contributed by atoms with Crippen LogP contribution in [-0.4, -0.2) is 26.2 Å². The van der Waals surface area contributed by atoms with Gasteiger partial charge in [-0.3, -0.25) is 9.78 Å². The number of hydrogen-bond donors (Lipinski definition) is 3. The Bertz CT molecular complexity index is 915. The topological polar surface area (TPSA) is 103 Å².